The van der Waals surface area contributed by atoms with Gasteiger partial charge in [0.1, 0.15) is 17.8 Å². The Labute approximate surface area is 108 Å². The van der Waals surface area contributed by atoms with E-state index in [2.05, 4.69) is 4.98 Å². The van der Waals surface area contributed by atoms with Crippen molar-refractivity contribution in [1.29, 1.82) is 0 Å². The second kappa shape index (κ2) is 4.89. The Morgan fingerprint density at radius 2 is 2.26 bits per heavy atom. The molecule has 8 nitrogen and oxygen atoms in total. The van der Waals surface area contributed by atoms with Crippen molar-refractivity contribution in [3.05, 3.63) is 33.1 Å². The fourth-order valence-corrected chi connectivity index (χ4v) is 2.15. The highest BCUT2D eigenvalue weighted by atomic mass is 16.6. The van der Waals surface area contributed by atoms with Crippen LogP contribution in [-0.2, 0) is 9.47 Å². The van der Waals surface area contributed by atoms with Crippen molar-refractivity contribution in [2.24, 2.45) is 0 Å². The van der Waals surface area contributed by atoms with E-state index in [0.29, 0.717) is 0 Å². The van der Waals surface area contributed by atoms with Crippen LogP contribution in [0, 0.1) is 0 Å². The topological polar surface area (TPSA) is 114 Å². The van der Waals surface area contributed by atoms with Crippen LogP contribution in [0.2, 0.25) is 0 Å². The van der Waals surface area contributed by atoms with Crippen LogP contribution in [0.3, 0.4) is 0 Å². The molecule has 1 fully saturated rings. The van der Waals surface area contributed by atoms with Gasteiger partial charge in [0, 0.05) is 19.4 Å². The highest BCUT2D eigenvalue weighted by molar-refractivity contribution is 5.00. The third kappa shape index (κ3) is 2.35. The summed E-state index contributed by atoms with van der Waals surface area (Å²) in [4.78, 5) is 24.8. The molecular weight excluding hydrogens is 256 g/mol. The van der Waals surface area contributed by atoms with Crippen LogP contribution in [0.1, 0.15) is 13.2 Å². The first-order valence-electron chi connectivity index (χ1n) is 5.74. The molecule has 3 N–H and O–H groups in total. The van der Waals surface area contributed by atoms with E-state index in [1.165, 1.54) is 20.2 Å². The van der Waals surface area contributed by atoms with Crippen molar-refractivity contribution in [2.45, 2.75) is 31.0 Å². The molecule has 1 aliphatic rings. The Morgan fingerprint density at radius 1 is 1.58 bits per heavy atom. The third-order valence-corrected chi connectivity index (χ3v) is 3.19. The average Bonchev–Trinajstić information content (AvgIpc) is 2.54. The maximum absolute atomic E-state index is 11.7. The quantitative estimate of drug-likeness (QED) is 0.598. The van der Waals surface area contributed by atoms with E-state index in [1.54, 1.807) is 0 Å². The van der Waals surface area contributed by atoms with Crippen molar-refractivity contribution < 1.29 is 19.7 Å². The van der Waals surface area contributed by atoms with E-state index in [1.807, 2.05) is 0 Å². The number of aromatic amines is 1. The first-order chi connectivity index (χ1) is 8.87. The summed E-state index contributed by atoms with van der Waals surface area (Å²) in [6, 6.07) is 1.14. The molecule has 0 aliphatic carbocycles. The highest BCUT2D eigenvalue weighted by Gasteiger charge is 2.53. The van der Waals surface area contributed by atoms with Gasteiger partial charge >= 0.3 is 5.69 Å². The third-order valence-electron chi connectivity index (χ3n) is 3.19. The molecule has 0 saturated carbocycles. The number of aromatic nitrogens is 2. The molecule has 8 heteroatoms. The number of ether oxygens (including phenoxy) is 2. The highest BCUT2D eigenvalue weighted by Crippen LogP contribution is 2.37. The number of aliphatic hydroxyl groups is 2. The molecule has 1 aliphatic heterocycles. The summed E-state index contributed by atoms with van der Waals surface area (Å²) in [5, 5.41) is 20.3. The molecule has 1 aromatic rings. The summed E-state index contributed by atoms with van der Waals surface area (Å²) in [7, 11) is 1.43. The van der Waals surface area contributed by atoms with Gasteiger partial charge < -0.3 is 19.7 Å². The lowest BCUT2D eigenvalue weighted by Gasteiger charge is -2.27. The van der Waals surface area contributed by atoms with Gasteiger partial charge in [-0.05, 0) is 6.92 Å². The van der Waals surface area contributed by atoms with Gasteiger partial charge in [-0.1, -0.05) is 0 Å². The average molecular weight is 272 g/mol. The van der Waals surface area contributed by atoms with Crippen molar-refractivity contribution >= 4 is 0 Å². The van der Waals surface area contributed by atoms with Gasteiger partial charge in [-0.15, -0.1) is 0 Å². The van der Waals surface area contributed by atoms with Crippen LogP contribution in [0.5, 0.6) is 0 Å². The van der Waals surface area contributed by atoms with E-state index in [-0.39, 0.29) is 6.61 Å². The summed E-state index contributed by atoms with van der Waals surface area (Å²) in [5.41, 5.74) is -2.94. The first kappa shape index (κ1) is 13.9. The van der Waals surface area contributed by atoms with E-state index >= 15 is 0 Å². The van der Waals surface area contributed by atoms with Crippen LogP contribution < -0.4 is 11.2 Å². The summed E-state index contributed by atoms with van der Waals surface area (Å²) < 4.78 is 11.4. The SMILES string of the molecule is COC[C@H]1O[C@@H](n2ccc(=O)[nH]c2=O)[C@](C)(O)[C@@H]1O. The Kier molecular flexibility index (Phi) is 3.59. The van der Waals surface area contributed by atoms with Crippen LogP contribution >= 0.6 is 0 Å². The van der Waals surface area contributed by atoms with Crippen molar-refractivity contribution in [1.82, 2.24) is 9.55 Å². The maximum atomic E-state index is 11.7. The smallest absolute Gasteiger partial charge is 0.330 e. The molecule has 0 aromatic carbocycles. The molecule has 1 aromatic heterocycles. The summed E-state index contributed by atoms with van der Waals surface area (Å²) >= 11 is 0. The van der Waals surface area contributed by atoms with Crippen molar-refractivity contribution in [2.75, 3.05) is 13.7 Å². The van der Waals surface area contributed by atoms with Crippen LogP contribution in [0.25, 0.3) is 0 Å². The molecule has 0 bridgehead atoms. The lowest BCUT2D eigenvalue weighted by Crippen LogP contribution is -2.46. The predicted octanol–water partition coefficient (Wildman–Crippen LogP) is -1.81. The Morgan fingerprint density at radius 3 is 2.84 bits per heavy atom. The maximum Gasteiger partial charge on any atom is 0.330 e. The lowest BCUT2D eigenvalue weighted by atomic mass is 9.96. The van der Waals surface area contributed by atoms with Crippen molar-refractivity contribution in [3.63, 3.8) is 0 Å². The first-order valence-corrected chi connectivity index (χ1v) is 5.74. The number of methoxy groups -OCH3 is 1. The monoisotopic (exact) mass is 272 g/mol. The Bertz CT molecular complexity index is 563. The Balaban J connectivity index is 2.39. The molecule has 19 heavy (non-hydrogen) atoms. The fraction of sp³-hybridized carbons (Fsp3) is 0.636. The van der Waals surface area contributed by atoms with E-state index in [9.17, 15) is 19.8 Å². The van der Waals surface area contributed by atoms with Crippen LogP contribution in [-0.4, -0.2) is 51.3 Å². The zero-order valence-corrected chi connectivity index (χ0v) is 10.6. The second-order valence-corrected chi connectivity index (χ2v) is 4.67. The zero-order chi connectivity index (χ0) is 14.2. The predicted molar refractivity (Wildman–Crippen MR) is 63.7 cm³/mol. The van der Waals surface area contributed by atoms with Gasteiger partial charge in [0.2, 0.25) is 0 Å². The molecule has 4 atom stereocenters. The zero-order valence-electron chi connectivity index (χ0n) is 10.6. The number of nitrogens with zero attached hydrogens (tertiary/aromatic N) is 1. The van der Waals surface area contributed by atoms with Crippen LogP contribution in [0.4, 0.5) is 0 Å². The normalized spacial score (nSPS) is 34.6. The molecule has 0 spiro atoms. The number of hydrogen-bond acceptors (Lipinski definition) is 6. The van der Waals surface area contributed by atoms with Crippen LogP contribution in [0.15, 0.2) is 21.9 Å². The molecule has 0 radical (unpaired) electrons. The van der Waals surface area contributed by atoms with E-state index in [0.717, 1.165) is 10.6 Å². The second-order valence-electron chi connectivity index (χ2n) is 4.67. The molecule has 2 rings (SSSR count). The van der Waals surface area contributed by atoms with E-state index in [4.69, 9.17) is 9.47 Å². The lowest BCUT2D eigenvalue weighted by molar-refractivity contribution is -0.0993. The molecule has 2 heterocycles. The van der Waals surface area contributed by atoms with Gasteiger partial charge in [0.25, 0.3) is 5.56 Å². The number of nitrogens with one attached hydrogen (secondary N) is 1. The van der Waals surface area contributed by atoms with Gasteiger partial charge in [-0.25, -0.2) is 4.79 Å². The summed E-state index contributed by atoms with van der Waals surface area (Å²) in [6.07, 6.45) is -1.87. The number of aliphatic hydroxyl groups excluding tert-OH is 1. The fourth-order valence-electron chi connectivity index (χ4n) is 2.15. The standard InChI is InChI=1S/C11H16N2O6/c1-11(17)8(15)6(5-18-2)19-9(11)13-4-3-7(14)12-10(13)16/h3-4,6,8-9,15,17H,5H2,1-2H3,(H,12,14,16)/t6-,8-,9-,11-/m1/s1. The minimum atomic E-state index is -1.68. The number of rotatable bonds is 3. The number of H-pyrrole nitrogens is 1. The molecule has 0 amide bonds. The minimum Gasteiger partial charge on any atom is -0.387 e. The van der Waals surface area contributed by atoms with Gasteiger partial charge in [0.05, 0.1) is 6.61 Å². The van der Waals surface area contributed by atoms with E-state index < -0.39 is 35.3 Å². The molecule has 1 saturated heterocycles. The number of hydrogen-bond donors (Lipinski definition) is 3. The Hall–Kier alpha value is -1.48. The van der Waals surface area contributed by atoms with Gasteiger partial charge in [-0.3, -0.25) is 14.3 Å². The molecule has 0 unspecified atom stereocenters. The van der Waals surface area contributed by atoms with Gasteiger partial charge in [0.15, 0.2) is 6.23 Å². The summed E-state index contributed by atoms with van der Waals surface area (Å²) in [6.45, 7) is 1.43. The molecule has 106 valence electrons. The van der Waals surface area contributed by atoms with Gasteiger partial charge in [-0.2, -0.15) is 0 Å². The summed E-state index contributed by atoms with van der Waals surface area (Å²) in [5.74, 6) is 0. The van der Waals surface area contributed by atoms with Crippen molar-refractivity contribution in [3.8, 4) is 0 Å². The largest absolute Gasteiger partial charge is 0.387 e. The minimum absolute atomic E-state index is 0.0753. The molecular formula is C11H16N2O6.